The Morgan fingerprint density at radius 3 is 3.03 bits per heavy atom. The summed E-state index contributed by atoms with van der Waals surface area (Å²) in [7, 11) is 0. The van der Waals surface area contributed by atoms with Crippen LogP contribution in [0.25, 0.3) is 10.2 Å². The zero-order valence-corrected chi connectivity index (χ0v) is 18.4. The van der Waals surface area contributed by atoms with Gasteiger partial charge in [0.25, 0.3) is 5.56 Å². The lowest BCUT2D eigenvalue weighted by atomic mass is 9.89. The zero-order valence-electron chi connectivity index (χ0n) is 16.8. The summed E-state index contributed by atoms with van der Waals surface area (Å²) in [4.78, 5) is 47.6. The maximum absolute atomic E-state index is 13.0. The van der Waals surface area contributed by atoms with Crippen molar-refractivity contribution in [3.63, 3.8) is 0 Å². The van der Waals surface area contributed by atoms with Crippen molar-refractivity contribution in [2.45, 2.75) is 46.1 Å². The topological polar surface area (TPSA) is 103 Å². The Hall–Kier alpha value is -2.59. The maximum Gasteiger partial charge on any atom is 0.311 e. The summed E-state index contributed by atoms with van der Waals surface area (Å²) in [6, 6.07) is 0. The number of thiophene rings is 1. The van der Waals surface area contributed by atoms with Crippen molar-refractivity contribution in [3.05, 3.63) is 38.2 Å². The highest BCUT2D eigenvalue weighted by Gasteiger charge is 2.23. The zero-order chi connectivity index (χ0) is 21.3. The number of thiazole rings is 1. The minimum Gasteiger partial charge on any atom is -0.466 e. The fraction of sp³-hybridized carbons (Fsp3) is 0.450. The van der Waals surface area contributed by atoms with Crippen molar-refractivity contribution in [2.75, 3.05) is 11.9 Å². The van der Waals surface area contributed by atoms with Crippen LogP contribution in [0.3, 0.4) is 0 Å². The largest absolute Gasteiger partial charge is 0.466 e. The highest BCUT2D eigenvalue weighted by molar-refractivity contribution is 7.18. The van der Waals surface area contributed by atoms with Gasteiger partial charge in [-0.3, -0.25) is 19.0 Å². The van der Waals surface area contributed by atoms with Crippen LogP contribution in [0.1, 0.15) is 36.4 Å². The fourth-order valence-electron chi connectivity index (χ4n) is 3.60. The van der Waals surface area contributed by atoms with Gasteiger partial charge in [0, 0.05) is 10.3 Å². The summed E-state index contributed by atoms with van der Waals surface area (Å²) in [5.74, 6) is -0.112. The number of carbonyl (C=O) groups is 2. The molecule has 0 radical (unpaired) electrons. The second kappa shape index (κ2) is 8.65. The van der Waals surface area contributed by atoms with Crippen LogP contribution in [-0.2, 0) is 40.1 Å². The van der Waals surface area contributed by atoms with Gasteiger partial charge in [-0.25, -0.2) is 9.97 Å². The molecule has 1 aliphatic carbocycles. The van der Waals surface area contributed by atoms with E-state index < -0.39 is 0 Å². The first kappa shape index (κ1) is 20.7. The number of esters is 1. The van der Waals surface area contributed by atoms with Gasteiger partial charge in [-0.1, -0.05) is 6.92 Å². The molecule has 1 atom stereocenters. The molecule has 1 aliphatic rings. The Kier molecular flexibility index (Phi) is 5.96. The Morgan fingerprint density at radius 1 is 1.40 bits per heavy atom. The molecule has 158 valence electrons. The molecule has 0 saturated heterocycles. The Bertz CT molecular complexity index is 1160. The van der Waals surface area contributed by atoms with E-state index in [1.165, 1.54) is 27.1 Å². The predicted molar refractivity (Wildman–Crippen MR) is 116 cm³/mol. The summed E-state index contributed by atoms with van der Waals surface area (Å²) >= 11 is 2.81. The SMILES string of the molecule is CCOC(=O)Cc1csc(NC(=O)Cn2cnc3sc4c(c3c2=O)CCC(C)C4)n1. The first-order valence-corrected chi connectivity index (χ1v) is 11.5. The normalized spacial score (nSPS) is 15.7. The number of fused-ring (bicyclic) bond motifs is 3. The monoisotopic (exact) mass is 446 g/mol. The predicted octanol–water partition coefficient (Wildman–Crippen LogP) is 2.78. The van der Waals surface area contributed by atoms with Crippen molar-refractivity contribution >= 4 is 49.9 Å². The van der Waals surface area contributed by atoms with E-state index in [0.717, 1.165) is 29.7 Å². The number of nitrogens with one attached hydrogen (secondary N) is 1. The first-order chi connectivity index (χ1) is 14.4. The van der Waals surface area contributed by atoms with E-state index in [4.69, 9.17) is 4.74 Å². The lowest BCUT2D eigenvalue weighted by Gasteiger charge is -2.17. The number of hydrogen-bond acceptors (Lipinski definition) is 8. The van der Waals surface area contributed by atoms with Crippen molar-refractivity contribution < 1.29 is 14.3 Å². The maximum atomic E-state index is 13.0. The highest BCUT2D eigenvalue weighted by Crippen LogP contribution is 2.35. The first-order valence-electron chi connectivity index (χ1n) is 9.84. The van der Waals surface area contributed by atoms with Crippen LogP contribution in [-0.4, -0.2) is 33.0 Å². The van der Waals surface area contributed by atoms with Crippen LogP contribution in [0.4, 0.5) is 5.13 Å². The molecule has 0 aliphatic heterocycles. The number of ether oxygens (including phenoxy) is 1. The third-order valence-corrected chi connectivity index (χ3v) is 6.99. The van der Waals surface area contributed by atoms with Crippen molar-refractivity contribution in [3.8, 4) is 0 Å². The van der Waals surface area contributed by atoms with Crippen molar-refractivity contribution in [1.29, 1.82) is 0 Å². The number of carbonyl (C=O) groups excluding carboxylic acids is 2. The number of aromatic nitrogens is 3. The Labute approximate surface area is 180 Å². The van der Waals surface area contributed by atoms with Gasteiger partial charge in [-0.2, -0.15) is 0 Å². The molecule has 0 saturated carbocycles. The van der Waals surface area contributed by atoms with Gasteiger partial charge in [0.2, 0.25) is 5.91 Å². The van der Waals surface area contributed by atoms with E-state index in [9.17, 15) is 14.4 Å². The summed E-state index contributed by atoms with van der Waals surface area (Å²) in [6.45, 7) is 4.13. The standard InChI is InChI=1S/C20H22N4O4S2/c1-3-28-16(26)7-12-9-29-20(22-12)23-15(25)8-24-10-21-18-17(19(24)27)13-5-4-11(2)6-14(13)30-18/h9-11H,3-8H2,1-2H3,(H,22,23,25). The van der Waals surface area contributed by atoms with Gasteiger partial charge in [-0.15, -0.1) is 22.7 Å². The van der Waals surface area contributed by atoms with Gasteiger partial charge < -0.3 is 10.1 Å². The van der Waals surface area contributed by atoms with E-state index in [1.54, 1.807) is 23.6 Å². The molecule has 0 fully saturated rings. The van der Waals surface area contributed by atoms with Crippen LogP contribution in [0.2, 0.25) is 0 Å². The molecule has 0 aromatic carbocycles. The van der Waals surface area contributed by atoms with Crippen molar-refractivity contribution in [2.24, 2.45) is 5.92 Å². The fourth-order valence-corrected chi connectivity index (χ4v) is 5.67. The minimum atomic E-state index is -0.368. The van der Waals surface area contributed by atoms with Crippen molar-refractivity contribution in [1.82, 2.24) is 14.5 Å². The van der Waals surface area contributed by atoms with Crippen LogP contribution in [0.15, 0.2) is 16.5 Å². The lowest BCUT2D eigenvalue weighted by molar-refractivity contribution is -0.142. The Balaban J connectivity index is 1.47. The van der Waals surface area contributed by atoms with Crippen LogP contribution < -0.4 is 10.9 Å². The number of anilines is 1. The molecule has 3 heterocycles. The minimum absolute atomic E-state index is 0.0577. The van der Waals surface area contributed by atoms with Crippen LogP contribution in [0, 0.1) is 5.92 Å². The van der Waals surface area contributed by atoms with E-state index >= 15 is 0 Å². The molecule has 0 spiro atoms. The van der Waals surface area contributed by atoms with Gasteiger partial charge in [-0.05, 0) is 37.7 Å². The second-order valence-corrected chi connectivity index (χ2v) is 9.33. The molecule has 1 amide bonds. The van der Waals surface area contributed by atoms with Gasteiger partial charge in [0.1, 0.15) is 11.4 Å². The summed E-state index contributed by atoms with van der Waals surface area (Å²) < 4.78 is 6.24. The van der Waals surface area contributed by atoms with Crippen LogP contribution >= 0.6 is 22.7 Å². The highest BCUT2D eigenvalue weighted by atomic mass is 32.1. The number of aryl methyl sites for hydroxylation is 1. The molecule has 10 heteroatoms. The molecule has 0 bridgehead atoms. The average Bonchev–Trinajstić information content (AvgIpc) is 3.27. The van der Waals surface area contributed by atoms with Crippen LogP contribution in [0.5, 0.6) is 0 Å². The molecule has 1 unspecified atom stereocenters. The van der Waals surface area contributed by atoms with E-state index in [-0.39, 0.29) is 30.4 Å². The molecule has 8 nitrogen and oxygen atoms in total. The summed E-state index contributed by atoms with van der Waals surface area (Å²) in [6.07, 6.45) is 4.41. The molecule has 30 heavy (non-hydrogen) atoms. The second-order valence-electron chi connectivity index (χ2n) is 7.38. The van der Waals surface area contributed by atoms with Gasteiger partial charge in [0.15, 0.2) is 5.13 Å². The number of hydrogen-bond donors (Lipinski definition) is 1. The molecular weight excluding hydrogens is 424 g/mol. The number of amides is 1. The quantitative estimate of drug-likeness (QED) is 0.584. The van der Waals surface area contributed by atoms with E-state index in [1.807, 2.05) is 0 Å². The number of nitrogens with zero attached hydrogens (tertiary/aromatic N) is 3. The summed E-state index contributed by atoms with van der Waals surface area (Å²) in [5.41, 5.74) is 1.46. The number of rotatable bonds is 6. The molecular formula is C20H22N4O4S2. The third kappa shape index (κ3) is 4.29. The van der Waals surface area contributed by atoms with Gasteiger partial charge >= 0.3 is 5.97 Å². The lowest BCUT2D eigenvalue weighted by Crippen LogP contribution is -2.28. The third-order valence-electron chi connectivity index (χ3n) is 5.03. The van der Waals surface area contributed by atoms with Gasteiger partial charge in [0.05, 0.1) is 30.4 Å². The van der Waals surface area contributed by atoms with E-state index in [2.05, 4.69) is 22.2 Å². The molecule has 4 rings (SSSR count). The average molecular weight is 447 g/mol. The smallest absolute Gasteiger partial charge is 0.311 e. The molecule has 1 N–H and O–H groups in total. The summed E-state index contributed by atoms with van der Waals surface area (Å²) in [5, 5.41) is 5.42. The Morgan fingerprint density at radius 2 is 2.23 bits per heavy atom. The van der Waals surface area contributed by atoms with E-state index in [0.29, 0.717) is 28.7 Å². The molecule has 3 aromatic rings. The molecule has 3 aromatic heterocycles.